The predicted molar refractivity (Wildman–Crippen MR) is 121 cm³/mol. The largest absolute Gasteiger partial charge is 0.352 e. The van der Waals surface area contributed by atoms with E-state index in [9.17, 15) is 22.3 Å². The molecule has 0 saturated carbocycles. The number of nitrogens with zero attached hydrogens (tertiary/aromatic N) is 1. The van der Waals surface area contributed by atoms with Crippen molar-refractivity contribution in [1.82, 2.24) is 10.2 Å². The van der Waals surface area contributed by atoms with Crippen LogP contribution in [0.25, 0.3) is 0 Å². The third-order valence-corrected chi connectivity index (χ3v) is 10.1. The zero-order valence-electron chi connectivity index (χ0n) is 17.2. The summed E-state index contributed by atoms with van der Waals surface area (Å²) in [6, 6.07) is 12.6. The lowest BCUT2D eigenvalue weighted by atomic mass is 10.0. The van der Waals surface area contributed by atoms with Crippen molar-refractivity contribution in [2.24, 2.45) is 0 Å². The van der Waals surface area contributed by atoms with E-state index < -0.39 is 25.7 Å². The van der Waals surface area contributed by atoms with Gasteiger partial charge in [0.15, 0.2) is 9.84 Å². The van der Waals surface area contributed by atoms with Crippen molar-refractivity contribution in [3.63, 3.8) is 0 Å². The molecule has 0 radical (unpaired) electrons. The minimum absolute atomic E-state index is 0.101. The number of likely N-dealkylation sites (tertiary alicyclic amines) is 1. The van der Waals surface area contributed by atoms with Gasteiger partial charge >= 0.3 is 0 Å². The van der Waals surface area contributed by atoms with Crippen LogP contribution in [0.15, 0.2) is 58.3 Å². The quantitative estimate of drug-likeness (QED) is 0.541. The second kappa shape index (κ2) is 8.91. The Bertz CT molecular complexity index is 1050. The van der Waals surface area contributed by atoms with Gasteiger partial charge in [-0.25, -0.2) is 8.42 Å². The predicted octanol–water partition coefficient (Wildman–Crippen LogP) is 3.54. The van der Waals surface area contributed by atoms with Crippen LogP contribution in [0.4, 0.5) is 0 Å². The third kappa shape index (κ3) is 4.51. The van der Waals surface area contributed by atoms with E-state index in [0.717, 1.165) is 26.1 Å². The summed E-state index contributed by atoms with van der Waals surface area (Å²) in [5, 5.41) is 1.70. The van der Waals surface area contributed by atoms with Crippen molar-refractivity contribution in [3.05, 3.63) is 59.7 Å². The summed E-state index contributed by atoms with van der Waals surface area (Å²) in [7, 11) is -7.21. The number of fused-ring (bicyclic) bond motifs is 1. The topological polar surface area (TPSA) is 107 Å². The minimum Gasteiger partial charge on any atom is -0.352 e. The first-order valence-corrected chi connectivity index (χ1v) is 13.8. The number of nitrogens with one attached hydrogen (secondary N) is 1. The Morgan fingerprint density at radius 2 is 1.77 bits per heavy atom. The van der Waals surface area contributed by atoms with Crippen LogP contribution in [0.3, 0.4) is 0 Å². The van der Waals surface area contributed by atoms with Gasteiger partial charge in [0.1, 0.15) is 5.25 Å². The zero-order valence-corrected chi connectivity index (χ0v) is 18.9. The van der Waals surface area contributed by atoms with Gasteiger partial charge in [0.25, 0.3) is 5.91 Å². The van der Waals surface area contributed by atoms with Gasteiger partial charge in [-0.15, -0.1) is 0 Å². The molecule has 2 aliphatic rings. The summed E-state index contributed by atoms with van der Waals surface area (Å²) in [6.07, 6.45) is 3.24. The maximum Gasteiger partial charge on any atom is 0.251 e. The molecule has 4 rings (SSSR count). The van der Waals surface area contributed by atoms with Crippen LogP contribution in [0.2, 0.25) is 0 Å². The van der Waals surface area contributed by atoms with Crippen LogP contribution in [0, 0.1) is 0 Å². The molecule has 168 valence electrons. The Balaban J connectivity index is 1.58. The van der Waals surface area contributed by atoms with Gasteiger partial charge < -0.3 is 10.2 Å². The first kappa shape index (κ1) is 22.3. The molecule has 31 heavy (non-hydrogen) atoms. The molecular formula is C22H28N2O5S2. The normalized spacial score (nSPS) is 21.5. The van der Waals surface area contributed by atoms with Crippen molar-refractivity contribution in [2.75, 3.05) is 31.9 Å². The van der Waals surface area contributed by atoms with E-state index in [1.165, 1.54) is 31.0 Å². The summed E-state index contributed by atoms with van der Waals surface area (Å²) in [6.45, 7) is 3.58. The Kier molecular flexibility index (Phi) is 6.41. The number of rotatable bonds is 7. The molecule has 1 amide bonds. The van der Waals surface area contributed by atoms with Gasteiger partial charge in [-0.3, -0.25) is 13.9 Å². The van der Waals surface area contributed by atoms with E-state index in [4.69, 9.17) is 0 Å². The lowest BCUT2D eigenvalue weighted by molar-refractivity contribution is 0.0951. The van der Waals surface area contributed by atoms with Crippen molar-refractivity contribution in [1.29, 1.82) is 0 Å². The molecule has 0 spiro atoms. The highest BCUT2D eigenvalue weighted by Crippen LogP contribution is 2.62. The maximum absolute atomic E-state index is 13.3. The monoisotopic (exact) mass is 464 g/mol. The van der Waals surface area contributed by atoms with Crippen LogP contribution in [-0.2, 0) is 9.84 Å². The van der Waals surface area contributed by atoms with Crippen molar-refractivity contribution < 1.29 is 22.3 Å². The highest BCUT2D eigenvalue weighted by Gasteiger charge is 2.45. The molecule has 1 unspecified atom stereocenters. The Morgan fingerprint density at radius 1 is 1.06 bits per heavy atom. The molecule has 7 nitrogen and oxygen atoms in total. The molecule has 0 aromatic heterocycles. The average molecular weight is 465 g/mol. The van der Waals surface area contributed by atoms with E-state index in [-0.39, 0.29) is 32.6 Å². The summed E-state index contributed by atoms with van der Waals surface area (Å²) < 4.78 is 47.9. The number of sulfone groups is 1. The highest BCUT2D eigenvalue weighted by molar-refractivity contribution is 8.25. The molecule has 1 atom stereocenters. The average Bonchev–Trinajstić information content (AvgIpc) is 3.38. The fraction of sp³-hybridized carbons (Fsp3) is 0.409. The molecular weight excluding hydrogens is 436 g/mol. The van der Waals surface area contributed by atoms with Crippen molar-refractivity contribution >= 4 is 26.3 Å². The Labute approximate surface area is 184 Å². The summed E-state index contributed by atoms with van der Waals surface area (Å²) in [5.74, 6) is -0.720. The standard InChI is InChI=1S/C22H28N2O5S2/c25-22(23-12-7-15-24-13-4-5-14-24)18-10-6-11-19-21(18)20(16-30(19,26)27)31(28,29)17-8-2-1-3-9-17/h1-3,6,8-11,20,26-27H,4-5,7,12-16H2,(H,23,25). The molecule has 2 aliphatic heterocycles. The van der Waals surface area contributed by atoms with Gasteiger partial charge in [0.05, 0.1) is 15.5 Å². The molecule has 1 saturated heterocycles. The van der Waals surface area contributed by atoms with Gasteiger partial charge in [-0.05, 0) is 63.2 Å². The first-order valence-electron chi connectivity index (χ1n) is 10.5. The van der Waals surface area contributed by atoms with Crippen molar-refractivity contribution in [2.45, 2.75) is 34.3 Å². The number of carbonyl (C=O) groups excluding carboxylic acids is 1. The van der Waals surface area contributed by atoms with Crippen LogP contribution >= 0.6 is 10.6 Å². The molecule has 2 aromatic carbocycles. The number of hydrogen-bond acceptors (Lipinski definition) is 6. The molecule has 0 bridgehead atoms. The van der Waals surface area contributed by atoms with E-state index >= 15 is 0 Å². The molecule has 2 aromatic rings. The van der Waals surface area contributed by atoms with Crippen LogP contribution in [0.5, 0.6) is 0 Å². The smallest absolute Gasteiger partial charge is 0.251 e. The highest BCUT2D eigenvalue weighted by atomic mass is 32.3. The van der Waals surface area contributed by atoms with E-state index in [2.05, 4.69) is 10.2 Å². The summed E-state index contributed by atoms with van der Waals surface area (Å²) in [5.41, 5.74) is 0.407. The minimum atomic E-state index is -3.90. The number of amides is 1. The number of hydrogen-bond donors (Lipinski definition) is 3. The lowest BCUT2D eigenvalue weighted by Gasteiger charge is -2.27. The Morgan fingerprint density at radius 3 is 2.48 bits per heavy atom. The number of carbonyl (C=O) groups is 1. The number of benzene rings is 2. The summed E-state index contributed by atoms with van der Waals surface area (Å²) in [4.78, 5) is 15.6. The zero-order chi connectivity index (χ0) is 22.1. The summed E-state index contributed by atoms with van der Waals surface area (Å²) >= 11 is 0. The van der Waals surface area contributed by atoms with Crippen LogP contribution < -0.4 is 5.32 Å². The van der Waals surface area contributed by atoms with Crippen LogP contribution in [0.1, 0.15) is 40.4 Å². The molecule has 3 N–H and O–H groups in total. The van der Waals surface area contributed by atoms with E-state index in [1.807, 2.05) is 0 Å². The van der Waals surface area contributed by atoms with Crippen molar-refractivity contribution in [3.8, 4) is 0 Å². The fourth-order valence-electron chi connectivity index (χ4n) is 4.37. The maximum atomic E-state index is 13.3. The van der Waals surface area contributed by atoms with E-state index in [0.29, 0.717) is 6.54 Å². The molecule has 0 aliphatic carbocycles. The van der Waals surface area contributed by atoms with Gasteiger partial charge in [-0.1, -0.05) is 24.3 Å². The molecule has 1 fully saturated rings. The van der Waals surface area contributed by atoms with Gasteiger partial charge in [-0.2, -0.15) is 10.6 Å². The second-order valence-electron chi connectivity index (χ2n) is 8.06. The van der Waals surface area contributed by atoms with E-state index in [1.54, 1.807) is 30.3 Å². The van der Waals surface area contributed by atoms with Gasteiger partial charge in [0, 0.05) is 17.7 Å². The van der Waals surface area contributed by atoms with Crippen LogP contribution in [-0.4, -0.2) is 60.3 Å². The fourth-order valence-corrected chi connectivity index (χ4v) is 8.83. The molecule has 2 heterocycles. The first-order chi connectivity index (χ1) is 14.8. The SMILES string of the molecule is O=C(NCCCN1CCCC1)c1cccc2c1C(S(=O)(=O)c1ccccc1)CS2(O)O. The second-order valence-corrected chi connectivity index (χ2v) is 12.3. The lowest BCUT2D eigenvalue weighted by Crippen LogP contribution is -2.29. The Hall–Kier alpha value is -1.91. The third-order valence-electron chi connectivity index (χ3n) is 5.95. The molecule has 9 heteroatoms. The van der Waals surface area contributed by atoms with Gasteiger partial charge in [0.2, 0.25) is 0 Å².